The molecule has 17 heavy (non-hydrogen) atoms. The normalized spacial score (nSPS) is 11.3. The van der Waals surface area contributed by atoms with Gasteiger partial charge in [-0.25, -0.2) is 0 Å². The molecule has 1 aromatic heterocycles. The standard InChI is InChI=1S/C15H21NO/c1-4-5-13-12(3)16(8-9-17)15-7-6-11(2)10-14(13)15/h6-7,10,17H,4-5,8-9H2,1-3H3. The van der Waals surface area contributed by atoms with Crippen LogP contribution in [0.3, 0.4) is 0 Å². The summed E-state index contributed by atoms with van der Waals surface area (Å²) in [6.45, 7) is 7.40. The maximum absolute atomic E-state index is 9.18. The number of hydrogen-bond acceptors (Lipinski definition) is 1. The Morgan fingerprint density at radius 1 is 1.24 bits per heavy atom. The lowest BCUT2D eigenvalue weighted by Gasteiger charge is -2.06. The van der Waals surface area contributed by atoms with Gasteiger partial charge in [0.25, 0.3) is 0 Å². The van der Waals surface area contributed by atoms with Crippen LogP contribution in [0.5, 0.6) is 0 Å². The number of benzene rings is 1. The van der Waals surface area contributed by atoms with E-state index in [0.29, 0.717) is 6.54 Å². The fourth-order valence-corrected chi connectivity index (χ4v) is 2.62. The molecule has 0 bridgehead atoms. The maximum Gasteiger partial charge on any atom is 0.0610 e. The number of aryl methyl sites for hydroxylation is 2. The van der Waals surface area contributed by atoms with E-state index in [9.17, 15) is 5.11 Å². The van der Waals surface area contributed by atoms with Gasteiger partial charge in [-0.05, 0) is 38.0 Å². The van der Waals surface area contributed by atoms with E-state index in [0.717, 1.165) is 12.8 Å². The van der Waals surface area contributed by atoms with Crippen LogP contribution in [0.15, 0.2) is 18.2 Å². The molecule has 92 valence electrons. The van der Waals surface area contributed by atoms with E-state index in [4.69, 9.17) is 0 Å². The Kier molecular flexibility index (Phi) is 3.53. The topological polar surface area (TPSA) is 25.2 Å². The van der Waals surface area contributed by atoms with Crippen LogP contribution in [0, 0.1) is 13.8 Å². The van der Waals surface area contributed by atoms with E-state index in [1.807, 2.05) is 0 Å². The van der Waals surface area contributed by atoms with Crippen molar-refractivity contribution in [1.29, 1.82) is 0 Å². The number of aliphatic hydroxyl groups is 1. The molecule has 0 aliphatic carbocycles. The highest BCUT2D eigenvalue weighted by Crippen LogP contribution is 2.27. The summed E-state index contributed by atoms with van der Waals surface area (Å²) in [5, 5.41) is 10.5. The van der Waals surface area contributed by atoms with Crippen molar-refractivity contribution in [3.8, 4) is 0 Å². The number of aromatic nitrogens is 1. The molecule has 0 unspecified atom stereocenters. The van der Waals surface area contributed by atoms with E-state index in [-0.39, 0.29) is 6.61 Å². The number of nitrogens with zero attached hydrogens (tertiary/aromatic N) is 1. The average Bonchev–Trinajstić information content (AvgIpc) is 2.55. The van der Waals surface area contributed by atoms with Crippen molar-refractivity contribution in [2.45, 2.75) is 40.2 Å². The van der Waals surface area contributed by atoms with Crippen LogP contribution in [0.25, 0.3) is 10.9 Å². The van der Waals surface area contributed by atoms with Crippen LogP contribution in [0.2, 0.25) is 0 Å². The molecule has 1 aromatic carbocycles. The Balaban J connectivity index is 2.69. The summed E-state index contributed by atoms with van der Waals surface area (Å²) in [5.74, 6) is 0. The molecule has 2 heteroatoms. The second-order valence-electron chi connectivity index (χ2n) is 4.71. The van der Waals surface area contributed by atoms with Crippen molar-refractivity contribution in [2.24, 2.45) is 0 Å². The van der Waals surface area contributed by atoms with Gasteiger partial charge in [-0.2, -0.15) is 0 Å². The molecule has 0 fully saturated rings. The van der Waals surface area contributed by atoms with Gasteiger partial charge in [0.2, 0.25) is 0 Å². The molecule has 0 amide bonds. The van der Waals surface area contributed by atoms with E-state index >= 15 is 0 Å². The lowest BCUT2D eigenvalue weighted by atomic mass is 10.0. The number of fused-ring (bicyclic) bond motifs is 1. The van der Waals surface area contributed by atoms with Gasteiger partial charge < -0.3 is 9.67 Å². The molecule has 0 atom stereocenters. The Labute approximate surface area is 103 Å². The van der Waals surface area contributed by atoms with E-state index in [2.05, 4.69) is 43.5 Å². The van der Waals surface area contributed by atoms with Gasteiger partial charge in [-0.3, -0.25) is 0 Å². The first-order valence-corrected chi connectivity index (χ1v) is 6.38. The van der Waals surface area contributed by atoms with Crippen LogP contribution < -0.4 is 0 Å². The highest BCUT2D eigenvalue weighted by molar-refractivity contribution is 5.86. The fourth-order valence-electron chi connectivity index (χ4n) is 2.62. The number of hydrogen-bond donors (Lipinski definition) is 1. The summed E-state index contributed by atoms with van der Waals surface area (Å²) in [6.07, 6.45) is 2.28. The first-order chi connectivity index (χ1) is 8.19. The first-order valence-electron chi connectivity index (χ1n) is 6.38. The molecule has 0 radical (unpaired) electrons. The molecule has 1 heterocycles. The predicted molar refractivity (Wildman–Crippen MR) is 72.5 cm³/mol. The minimum absolute atomic E-state index is 0.198. The molecular weight excluding hydrogens is 210 g/mol. The summed E-state index contributed by atoms with van der Waals surface area (Å²) in [4.78, 5) is 0. The Morgan fingerprint density at radius 2 is 2.00 bits per heavy atom. The maximum atomic E-state index is 9.18. The van der Waals surface area contributed by atoms with Crippen molar-refractivity contribution in [1.82, 2.24) is 4.57 Å². The Morgan fingerprint density at radius 3 is 2.65 bits per heavy atom. The number of aliphatic hydroxyl groups excluding tert-OH is 1. The number of rotatable bonds is 4. The van der Waals surface area contributed by atoms with Gasteiger partial charge in [0.15, 0.2) is 0 Å². The molecule has 2 rings (SSSR count). The zero-order chi connectivity index (χ0) is 12.4. The zero-order valence-electron chi connectivity index (χ0n) is 11.0. The SMILES string of the molecule is CCCc1c(C)n(CCO)c2ccc(C)cc12. The average molecular weight is 231 g/mol. The van der Waals surface area contributed by atoms with Crippen LogP contribution in [-0.2, 0) is 13.0 Å². The van der Waals surface area contributed by atoms with E-state index in [1.54, 1.807) is 0 Å². The third-order valence-corrected chi connectivity index (χ3v) is 3.43. The van der Waals surface area contributed by atoms with Gasteiger partial charge in [0.05, 0.1) is 6.61 Å². The van der Waals surface area contributed by atoms with Gasteiger partial charge >= 0.3 is 0 Å². The quantitative estimate of drug-likeness (QED) is 0.859. The zero-order valence-corrected chi connectivity index (χ0v) is 11.0. The molecule has 0 aliphatic heterocycles. The summed E-state index contributed by atoms with van der Waals surface area (Å²) >= 11 is 0. The fraction of sp³-hybridized carbons (Fsp3) is 0.467. The van der Waals surface area contributed by atoms with Crippen LogP contribution in [0.4, 0.5) is 0 Å². The van der Waals surface area contributed by atoms with E-state index in [1.165, 1.54) is 27.7 Å². The molecule has 1 N–H and O–H groups in total. The second-order valence-corrected chi connectivity index (χ2v) is 4.71. The van der Waals surface area contributed by atoms with Gasteiger partial charge in [0, 0.05) is 23.1 Å². The Bertz CT molecular complexity index is 525. The minimum Gasteiger partial charge on any atom is -0.395 e. The lowest BCUT2D eigenvalue weighted by Crippen LogP contribution is -2.04. The Hall–Kier alpha value is -1.28. The largest absolute Gasteiger partial charge is 0.395 e. The summed E-state index contributed by atoms with van der Waals surface area (Å²) in [6, 6.07) is 6.58. The molecule has 0 aliphatic rings. The smallest absolute Gasteiger partial charge is 0.0610 e. The van der Waals surface area contributed by atoms with Crippen LogP contribution in [0.1, 0.15) is 30.2 Å². The highest BCUT2D eigenvalue weighted by atomic mass is 16.3. The van der Waals surface area contributed by atoms with E-state index < -0.39 is 0 Å². The molecule has 0 spiro atoms. The first kappa shape index (κ1) is 12.2. The third-order valence-electron chi connectivity index (χ3n) is 3.43. The predicted octanol–water partition coefficient (Wildman–Crippen LogP) is 3.20. The minimum atomic E-state index is 0.198. The monoisotopic (exact) mass is 231 g/mol. The van der Waals surface area contributed by atoms with Gasteiger partial charge in [-0.15, -0.1) is 0 Å². The molecule has 2 aromatic rings. The van der Waals surface area contributed by atoms with Crippen molar-refractivity contribution in [2.75, 3.05) is 6.61 Å². The highest BCUT2D eigenvalue weighted by Gasteiger charge is 2.12. The van der Waals surface area contributed by atoms with Crippen molar-refractivity contribution in [3.05, 3.63) is 35.0 Å². The van der Waals surface area contributed by atoms with Crippen LogP contribution >= 0.6 is 0 Å². The van der Waals surface area contributed by atoms with Crippen LogP contribution in [-0.4, -0.2) is 16.3 Å². The van der Waals surface area contributed by atoms with Crippen molar-refractivity contribution < 1.29 is 5.11 Å². The summed E-state index contributed by atoms with van der Waals surface area (Å²) in [5.41, 5.74) is 5.31. The summed E-state index contributed by atoms with van der Waals surface area (Å²) in [7, 11) is 0. The van der Waals surface area contributed by atoms with Crippen molar-refractivity contribution >= 4 is 10.9 Å². The second kappa shape index (κ2) is 4.92. The van der Waals surface area contributed by atoms with Gasteiger partial charge in [-0.1, -0.05) is 25.0 Å². The molecule has 0 saturated carbocycles. The summed E-state index contributed by atoms with van der Waals surface area (Å²) < 4.78 is 2.24. The van der Waals surface area contributed by atoms with Gasteiger partial charge in [0.1, 0.15) is 0 Å². The molecular formula is C15H21NO. The lowest BCUT2D eigenvalue weighted by molar-refractivity contribution is 0.277. The molecule has 2 nitrogen and oxygen atoms in total. The molecule has 0 saturated heterocycles. The van der Waals surface area contributed by atoms with Crippen molar-refractivity contribution in [3.63, 3.8) is 0 Å². The third kappa shape index (κ3) is 2.09.